The molecule has 1 fully saturated rings. The Morgan fingerprint density at radius 1 is 1.16 bits per heavy atom. The lowest BCUT2D eigenvalue weighted by atomic mass is 9.68. The van der Waals surface area contributed by atoms with Gasteiger partial charge in [-0.1, -0.05) is 23.7 Å². The third kappa shape index (κ3) is 3.46. The monoisotopic (exact) mass is 358 g/mol. The number of hydrogen-bond donors (Lipinski definition) is 1. The summed E-state index contributed by atoms with van der Waals surface area (Å²) in [6.45, 7) is 0. The molecule has 1 saturated carbocycles. The number of hydrogen-bond acceptors (Lipinski definition) is 4. The molecule has 0 spiro atoms. The first-order valence-electron chi connectivity index (χ1n) is 8.12. The Bertz CT molecular complexity index is 782. The van der Waals surface area contributed by atoms with Crippen LogP contribution in [-0.2, 0) is 10.4 Å². The van der Waals surface area contributed by atoms with Crippen LogP contribution in [0, 0.1) is 5.92 Å². The summed E-state index contributed by atoms with van der Waals surface area (Å²) in [5, 5.41) is 11.8. The summed E-state index contributed by atoms with van der Waals surface area (Å²) in [6.07, 6.45) is 0.548. The smallest absolute Gasteiger partial charge is 0.169 e. The van der Waals surface area contributed by atoms with Crippen molar-refractivity contribution < 1.29 is 19.4 Å². The number of carbonyl (C=O) groups excluding carboxylic acids is 2. The average molecular weight is 359 g/mol. The molecule has 0 aromatic heterocycles. The Hall–Kier alpha value is -2.17. The van der Waals surface area contributed by atoms with E-state index in [9.17, 15) is 14.7 Å². The molecule has 0 amide bonds. The van der Waals surface area contributed by atoms with Crippen LogP contribution < -0.4 is 4.74 Å². The van der Waals surface area contributed by atoms with Crippen molar-refractivity contribution >= 4 is 23.2 Å². The van der Waals surface area contributed by atoms with Crippen LogP contribution in [0.5, 0.6) is 5.75 Å². The van der Waals surface area contributed by atoms with E-state index in [0.717, 1.165) is 0 Å². The molecule has 0 unspecified atom stereocenters. The van der Waals surface area contributed by atoms with Crippen LogP contribution in [0.2, 0.25) is 5.02 Å². The third-order valence-corrected chi connectivity index (χ3v) is 5.04. The zero-order valence-electron chi connectivity index (χ0n) is 13.9. The van der Waals surface area contributed by atoms with E-state index < -0.39 is 11.5 Å². The lowest BCUT2D eigenvalue weighted by molar-refractivity contribution is -0.131. The van der Waals surface area contributed by atoms with E-state index in [1.807, 2.05) is 0 Å². The van der Waals surface area contributed by atoms with Gasteiger partial charge in [-0.3, -0.25) is 9.59 Å². The van der Waals surface area contributed by atoms with Crippen molar-refractivity contribution in [3.63, 3.8) is 0 Å². The minimum atomic E-state index is -1.52. The Labute approximate surface area is 151 Å². The average Bonchev–Trinajstić information content (AvgIpc) is 2.62. The van der Waals surface area contributed by atoms with E-state index in [2.05, 4.69) is 0 Å². The fourth-order valence-corrected chi connectivity index (χ4v) is 3.53. The highest BCUT2D eigenvalue weighted by atomic mass is 35.5. The van der Waals surface area contributed by atoms with Crippen LogP contribution in [0.25, 0.3) is 0 Å². The molecule has 130 valence electrons. The number of ether oxygens (including phenoxy) is 1. The zero-order valence-corrected chi connectivity index (χ0v) is 14.6. The first kappa shape index (κ1) is 17.6. The molecular weight excluding hydrogens is 340 g/mol. The topological polar surface area (TPSA) is 63.6 Å². The normalized spacial score (nSPS) is 23.3. The van der Waals surface area contributed by atoms with E-state index in [1.54, 1.807) is 55.6 Å². The molecule has 0 aliphatic heterocycles. The molecule has 2 aromatic rings. The molecule has 0 bridgehead atoms. The Morgan fingerprint density at radius 2 is 1.80 bits per heavy atom. The summed E-state index contributed by atoms with van der Waals surface area (Å²) < 4.78 is 5.11. The Kier molecular flexibility index (Phi) is 4.93. The van der Waals surface area contributed by atoms with E-state index in [-0.39, 0.29) is 18.0 Å². The highest BCUT2D eigenvalue weighted by Gasteiger charge is 2.47. The van der Waals surface area contributed by atoms with Crippen LogP contribution in [0.1, 0.15) is 35.2 Å². The lowest BCUT2D eigenvalue weighted by Gasteiger charge is -2.39. The number of Topliss-reactive ketones (excluding diaryl/α,β-unsaturated/α-hetero) is 2. The number of benzene rings is 2. The molecule has 3 rings (SSSR count). The van der Waals surface area contributed by atoms with Crippen molar-refractivity contribution in [2.24, 2.45) is 5.92 Å². The second-order valence-corrected chi connectivity index (χ2v) is 6.77. The Morgan fingerprint density at radius 3 is 2.40 bits per heavy atom. The molecule has 4 nitrogen and oxygen atoms in total. The van der Waals surface area contributed by atoms with Gasteiger partial charge in [0.15, 0.2) is 5.78 Å². The molecule has 5 heteroatoms. The van der Waals surface area contributed by atoms with E-state index in [0.29, 0.717) is 34.7 Å². The molecule has 1 aliphatic rings. The van der Waals surface area contributed by atoms with Gasteiger partial charge in [0.2, 0.25) is 0 Å². The molecule has 2 aromatic carbocycles. The predicted molar refractivity (Wildman–Crippen MR) is 95.0 cm³/mol. The quantitative estimate of drug-likeness (QED) is 0.844. The van der Waals surface area contributed by atoms with Gasteiger partial charge in [-0.2, -0.15) is 0 Å². The van der Waals surface area contributed by atoms with Crippen molar-refractivity contribution in [3.05, 3.63) is 64.7 Å². The zero-order chi connectivity index (χ0) is 18.0. The molecular formula is C20H19ClO4. The number of methoxy groups -OCH3 is 1. The molecule has 0 heterocycles. The van der Waals surface area contributed by atoms with Gasteiger partial charge < -0.3 is 9.84 Å². The van der Waals surface area contributed by atoms with Crippen LogP contribution in [0.15, 0.2) is 48.5 Å². The second-order valence-electron chi connectivity index (χ2n) is 6.33. The highest BCUT2D eigenvalue weighted by molar-refractivity contribution is 6.30. The summed E-state index contributed by atoms with van der Waals surface area (Å²) >= 11 is 5.92. The van der Waals surface area contributed by atoms with E-state index in [1.165, 1.54) is 0 Å². The van der Waals surface area contributed by atoms with Gasteiger partial charge in [-0.15, -0.1) is 0 Å². The van der Waals surface area contributed by atoms with Gasteiger partial charge in [-0.25, -0.2) is 0 Å². The predicted octanol–water partition coefficient (Wildman–Crippen LogP) is 3.79. The molecule has 25 heavy (non-hydrogen) atoms. The Balaban J connectivity index is 1.97. The van der Waals surface area contributed by atoms with Crippen LogP contribution in [-0.4, -0.2) is 23.8 Å². The van der Waals surface area contributed by atoms with Crippen molar-refractivity contribution in [1.82, 2.24) is 0 Å². The fraction of sp³-hybridized carbons (Fsp3) is 0.300. The molecule has 0 saturated heterocycles. The van der Waals surface area contributed by atoms with Crippen molar-refractivity contribution in [2.75, 3.05) is 7.11 Å². The second kappa shape index (κ2) is 6.98. The van der Waals surface area contributed by atoms with Crippen molar-refractivity contribution in [1.29, 1.82) is 0 Å². The first-order valence-corrected chi connectivity index (χ1v) is 8.50. The van der Waals surface area contributed by atoms with Gasteiger partial charge in [-0.05, 0) is 48.4 Å². The molecule has 2 atom stereocenters. The number of halogens is 1. The van der Waals surface area contributed by atoms with Gasteiger partial charge in [0, 0.05) is 23.4 Å². The largest absolute Gasteiger partial charge is 0.497 e. The summed E-state index contributed by atoms with van der Waals surface area (Å²) in [5.74, 6) is -0.244. The third-order valence-electron chi connectivity index (χ3n) is 4.79. The molecule has 0 radical (unpaired) electrons. The number of ketones is 2. The molecule has 1 aliphatic carbocycles. The summed E-state index contributed by atoms with van der Waals surface area (Å²) in [4.78, 5) is 25.0. The lowest BCUT2D eigenvalue weighted by Crippen LogP contribution is -2.45. The summed E-state index contributed by atoms with van der Waals surface area (Å²) in [6, 6.07) is 13.4. The summed E-state index contributed by atoms with van der Waals surface area (Å²) in [7, 11) is 1.56. The van der Waals surface area contributed by atoms with Gasteiger partial charge in [0.25, 0.3) is 0 Å². The standard InChI is InChI=1S/C20H19ClO4/c1-25-17-9-2-13(3-10-17)19(23)18-11-8-16(22)12-20(18,24)14-4-6-15(21)7-5-14/h2-7,9-10,18,24H,8,11-12H2,1H3/t18-,20+/m1/s1. The van der Waals surface area contributed by atoms with E-state index in [4.69, 9.17) is 16.3 Å². The van der Waals surface area contributed by atoms with Crippen LogP contribution in [0.3, 0.4) is 0 Å². The number of carbonyl (C=O) groups is 2. The SMILES string of the molecule is COc1ccc(C(=O)[C@H]2CCC(=O)C[C@]2(O)c2ccc(Cl)cc2)cc1. The fourth-order valence-electron chi connectivity index (χ4n) is 3.40. The first-order chi connectivity index (χ1) is 11.9. The minimum Gasteiger partial charge on any atom is -0.497 e. The van der Waals surface area contributed by atoms with Gasteiger partial charge in [0.05, 0.1) is 13.0 Å². The van der Waals surface area contributed by atoms with Crippen LogP contribution >= 0.6 is 11.6 Å². The number of rotatable bonds is 4. The van der Waals surface area contributed by atoms with Crippen molar-refractivity contribution in [2.45, 2.75) is 24.9 Å². The van der Waals surface area contributed by atoms with Crippen LogP contribution in [0.4, 0.5) is 0 Å². The maximum absolute atomic E-state index is 13.0. The highest BCUT2D eigenvalue weighted by Crippen LogP contribution is 2.42. The molecule has 1 N–H and O–H groups in total. The maximum Gasteiger partial charge on any atom is 0.169 e. The summed E-state index contributed by atoms with van der Waals surface area (Å²) in [5.41, 5.74) is -0.485. The maximum atomic E-state index is 13.0. The van der Waals surface area contributed by atoms with E-state index >= 15 is 0 Å². The van der Waals surface area contributed by atoms with Gasteiger partial charge in [0.1, 0.15) is 17.1 Å². The number of aliphatic hydroxyl groups is 1. The van der Waals surface area contributed by atoms with Gasteiger partial charge >= 0.3 is 0 Å². The van der Waals surface area contributed by atoms with Crippen molar-refractivity contribution in [3.8, 4) is 5.75 Å². The minimum absolute atomic E-state index is 0.0452.